The van der Waals surface area contributed by atoms with Gasteiger partial charge in [-0.15, -0.1) is 0 Å². The van der Waals surface area contributed by atoms with Crippen molar-refractivity contribution >= 4 is 22.5 Å². The van der Waals surface area contributed by atoms with Crippen molar-refractivity contribution in [2.45, 2.75) is 17.8 Å². The van der Waals surface area contributed by atoms with Crippen LogP contribution in [0.4, 0.5) is 5.69 Å². The van der Waals surface area contributed by atoms with Gasteiger partial charge in [0.25, 0.3) is 5.56 Å². The molecule has 7 heteroatoms. The second kappa shape index (κ2) is 5.66. The Balaban J connectivity index is 1.55. The summed E-state index contributed by atoms with van der Waals surface area (Å²) in [5.74, 6) is 0.156. The third-order valence-electron chi connectivity index (χ3n) is 6.64. The van der Waals surface area contributed by atoms with Crippen LogP contribution in [0.1, 0.15) is 23.5 Å². The zero-order valence-corrected chi connectivity index (χ0v) is 16.6. The first-order valence-corrected chi connectivity index (χ1v) is 9.87. The van der Waals surface area contributed by atoms with Crippen LogP contribution in [0.25, 0.3) is 22.2 Å². The number of amides is 1. The molecule has 1 aromatic carbocycles. The molecule has 0 saturated heterocycles. The van der Waals surface area contributed by atoms with Crippen LogP contribution in [0.5, 0.6) is 0 Å². The molecule has 2 atom stereocenters. The number of nitrogens with zero attached hydrogens (tertiary/aromatic N) is 4. The minimum Gasteiger partial charge on any atom is -0.350 e. The number of pyridine rings is 1. The van der Waals surface area contributed by atoms with Gasteiger partial charge in [-0.3, -0.25) is 9.59 Å². The Morgan fingerprint density at radius 1 is 1.13 bits per heavy atom. The number of likely N-dealkylation sites (N-methyl/N-ethyl adjacent to an activating group) is 1. The predicted octanol–water partition coefficient (Wildman–Crippen LogP) is 2.73. The number of fused-ring (bicyclic) bond motifs is 3. The number of H-pyrrole nitrogens is 1. The van der Waals surface area contributed by atoms with Gasteiger partial charge in [-0.2, -0.15) is 0 Å². The number of benzene rings is 1. The van der Waals surface area contributed by atoms with Gasteiger partial charge >= 0.3 is 0 Å². The maximum absolute atomic E-state index is 13.3. The smallest absolute Gasteiger partial charge is 0.274 e. The molecular formula is C23H19N5O2. The average Bonchev–Trinajstić information content (AvgIpc) is 3.30. The Morgan fingerprint density at radius 3 is 2.70 bits per heavy atom. The summed E-state index contributed by atoms with van der Waals surface area (Å²) in [5, 5.41) is 0.860. The highest BCUT2D eigenvalue weighted by Crippen LogP contribution is 2.66. The summed E-state index contributed by atoms with van der Waals surface area (Å²) in [7, 11) is 3.59. The number of nitrogens with one attached hydrogen (secondary N) is 1. The van der Waals surface area contributed by atoms with Crippen molar-refractivity contribution in [1.29, 1.82) is 0 Å². The van der Waals surface area contributed by atoms with Gasteiger partial charge in [0.05, 0.1) is 5.41 Å². The number of anilines is 1. The lowest BCUT2D eigenvalue weighted by atomic mass is 9.91. The highest BCUT2D eigenvalue weighted by molar-refractivity contribution is 6.11. The van der Waals surface area contributed by atoms with Gasteiger partial charge in [0, 0.05) is 60.9 Å². The van der Waals surface area contributed by atoms with Gasteiger partial charge in [-0.1, -0.05) is 18.2 Å². The fourth-order valence-electron chi connectivity index (χ4n) is 5.08. The molecule has 1 fully saturated rings. The predicted molar refractivity (Wildman–Crippen MR) is 113 cm³/mol. The molecule has 1 spiro atoms. The van der Waals surface area contributed by atoms with Crippen molar-refractivity contribution in [2.75, 3.05) is 11.9 Å². The number of para-hydroxylation sites is 1. The summed E-state index contributed by atoms with van der Waals surface area (Å²) < 4.78 is 1.60. The lowest BCUT2D eigenvalue weighted by molar-refractivity contribution is -0.120. The zero-order valence-electron chi connectivity index (χ0n) is 16.6. The monoisotopic (exact) mass is 397 g/mol. The second-order valence-electron chi connectivity index (χ2n) is 8.21. The topological polar surface area (TPSA) is 83.9 Å². The van der Waals surface area contributed by atoms with Crippen LogP contribution >= 0.6 is 0 Å². The third-order valence-corrected chi connectivity index (χ3v) is 6.64. The molecule has 1 aliphatic heterocycles. The van der Waals surface area contributed by atoms with Crippen LogP contribution in [0.3, 0.4) is 0 Å². The number of rotatable bonds is 2. The molecule has 1 saturated carbocycles. The lowest BCUT2D eigenvalue weighted by Crippen LogP contribution is -2.29. The first-order valence-electron chi connectivity index (χ1n) is 9.87. The van der Waals surface area contributed by atoms with Crippen LogP contribution < -0.4 is 10.5 Å². The van der Waals surface area contributed by atoms with Crippen LogP contribution in [0.2, 0.25) is 0 Å². The van der Waals surface area contributed by atoms with E-state index in [4.69, 9.17) is 0 Å². The largest absolute Gasteiger partial charge is 0.350 e. The zero-order chi connectivity index (χ0) is 20.6. The summed E-state index contributed by atoms with van der Waals surface area (Å²) >= 11 is 0. The minimum absolute atomic E-state index is 0.0288. The Labute approximate surface area is 172 Å². The summed E-state index contributed by atoms with van der Waals surface area (Å²) in [4.78, 5) is 39.3. The van der Waals surface area contributed by atoms with Gasteiger partial charge < -0.3 is 14.5 Å². The molecule has 30 heavy (non-hydrogen) atoms. The fraction of sp³-hybridized carbons (Fsp3) is 0.217. The van der Waals surface area contributed by atoms with Crippen molar-refractivity contribution in [3.8, 4) is 11.3 Å². The fourth-order valence-corrected chi connectivity index (χ4v) is 5.08. The molecule has 1 aliphatic carbocycles. The van der Waals surface area contributed by atoms with E-state index in [1.54, 1.807) is 28.9 Å². The first-order chi connectivity index (χ1) is 14.5. The van der Waals surface area contributed by atoms with Crippen molar-refractivity contribution in [2.24, 2.45) is 7.05 Å². The first kappa shape index (κ1) is 17.1. The van der Waals surface area contributed by atoms with Gasteiger partial charge in [-0.05, 0) is 29.7 Å². The molecule has 1 N–H and O–H groups in total. The van der Waals surface area contributed by atoms with Gasteiger partial charge in [0.1, 0.15) is 11.8 Å². The highest BCUT2D eigenvalue weighted by Gasteiger charge is 2.67. The maximum atomic E-state index is 13.3. The van der Waals surface area contributed by atoms with Crippen LogP contribution in [0, 0.1) is 0 Å². The Hall–Kier alpha value is -3.74. The molecule has 1 amide bonds. The molecule has 4 aromatic rings. The summed E-state index contributed by atoms with van der Waals surface area (Å²) in [6.45, 7) is 0. The number of carbonyl (C=O) groups is 1. The molecule has 0 bridgehead atoms. The number of aromatic nitrogens is 4. The van der Waals surface area contributed by atoms with E-state index in [0.29, 0.717) is 5.52 Å². The summed E-state index contributed by atoms with van der Waals surface area (Å²) in [6, 6.07) is 9.98. The van der Waals surface area contributed by atoms with Crippen molar-refractivity contribution in [1.82, 2.24) is 19.5 Å². The molecule has 148 valence electrons. The Bertz CT molecular complexity index is 1400. The van der Waals surface area contributed by atoms with E-state index in [-0.39, 0.29) is 17.4 Å². The number of hydrogen-bond donors (Lipinski definition) is 1. The van der Waals surface area contributed by atoms with E-state index in [1.165, 1.54) is 6.33 Å². The van der Waals surface area contributed by atoms with E-state index in [1.807, 2.05) is 37.5 Å². The second-order valence-corrected chi connectivity index (χ2v) is 8.21. The normalized spacial score (nSPS) is 22.1. The number of aromatic amines is 1. The quantitative estimate of drug-likeness (QED) is 0.564. The minimum atomic E-state index is -0.539. The van der Waals surface area contributed by atoms with Gasteiger partial charge in [0.15, 0.2) is 0 Å². The number of carbonyl (C=O) groups excluding carboxylic acids is 1. The van der Waals surface area contributed by atoms with Crippen LogP contribution in [-0.4, -0.2) is 32.5 Å². The summed E-state index contributed by atoms with van der Waals surface area (Å²) in [5.41, 5.74) is 4.59. The maximum Gasteiger partial charge on any atom is 0.274 e. The highest BCUT2D eigenvalue weighted by atomic mass is 16.2. The Kier molecular flexibility index (Phi) is 3.23. The summed E-state index contributed by atoms with van der Waals surface area (Å²) in [6.07, 6.45) is 7.54. The van der Waals surface area contributed by atoms with Crippen molar-refractivity contribution in [3.63, 3.8) is 0 Å². The lowest BCUT2D eigenvalue weighted by Gasteiger charge is -2.12. The van der Waals surface area contributed by atoms with E-state index >= 15 is 0 Å². The van der Waals surface area contributed by atoms with Crippen LogP contribution in [0.15, 0.2) is 60.0 Å². The van der Waals surface area contributed by atoms with E-state index in [2.05, 4.69) is 21.0 Å². The molecule has 0 radical (unpaired) electrons. The molecular weight excluding hydrogens is 378 g/mol. The van der Waals surface area contributed by atoms with Crippen molar-refractivity contribution in [3.05, 3.63) is 76.7 Å². The van der Waals surface area contributed by atoms with E-state index < -0.39 is 5.41 Å². The van der Waals surface area contributed by atoms with Gasteiger partial charge in [0.2, 0.25) is 5.91 Å². The van der Waals surface area contributed by atoms with Crippen LogP contribution in [-0.2, 0) is 17.3 Å². The van der Waals surface area contributed by atoms with E-state index in [0.717, 1.165) is 39.9 Å². The molecule has 7 nitrogen and oxygen atoms in total. The average molecular weight is 397 g/mol. The molecule has 6 rings (SSSR count). The number of aryl methyl sites for hydroxylation is 1. The van der Waals surface area contributed by atoms with E-state index in [9.17, 15) is 9.59 Å². The molecule has 0 unspecified atom stereocenters. The van der Waals surface area contributed by atoms with Gasteiger partial charge in [-0.25, -0.2) is 9.97 Å². The SMILES string of the molecule is CN1C(=O)[C@@]2(C[C@H]2c2cn(C)c(=O)c3[nH]c(-c4cncnc4)cc23)c2ccccc21. The number of hydrogen-bond acceptors (Lipinski definition) is 4. The Morgan fingerprint density at radius 2 is 1.90 bits per heavy atom. The van der Waals surface area contributed by atoms with Crippen molar-refractivity contribution < 1.29 is 4.79 Å². The molecule has 3 aromatic heterocycles. The molecule has 4 heterocycles. The molecule has 2 aliphatic rings. The third kappa shape index (κ3) is 2.04. The standard InChI is InChI=1S/C23H19N5O2/c1-27-11-15(14-7-18(26-20(14)21(27)29)13-9-24-12-25-10-13)17-8-23(17)16-5-3-4-6-19(16)28(2)22(23)30/h3-7,9-12,17,26H,8H2,1-2H3/t17-,23-/m0/s1.